The molecule has 0 spiro atoms. The van der Waals surface area contributed by atoms with E-state index in [1.54, 1.807) is 24.3 Å². The minimum absolute atomic E-state index is 0.0386. The van der Waals surface area contributed by atoms with Gasteiger partial charge >= 0.3 is 0 Å². The predicted octanol–water partition coefficient (Wildman–Crippen LogP) is 0.0759. The van der Waals surface area contributed by atoms with E-state index in [1.807, 2.05) is 0 Å². The van der Waals surface area contributed by atoms with Gasteiger partial charge in [-0.15, -0.1) is 0 Å². The molecule has 23 heavy (non-hydrogen) atoms. The van der Waals surface area contributed by atoms with Crippen molar-refractivity contribution in [2.75, 3.05) is 6.61 Å². The van der Waals surface area contributed by atoms with Gasteiger partial charge in [0.2, 0.25) is 5.06 Å². The van der Waals surface area contributed by atoms with Crippen LogP contribution >= 0.6 is 27.5 Å². The van der Waals surface area contributed by atoms with Gasteiger partial charge in [-0.2, -0.15) is 0 Å². The predicted molar refractivity (Wildman–Crippen MR) is 84.8 cm³/mol. The molecule has 1 aromatic heterocycles. The molecule has 126 valence electrons. The van der Waals surface area contributed by atoms with E-state index >= 15 is 0 Å². The average Bonchev–Trinajstić information content (AvgIpc) is 2.96. The van der Waals surface area contributed by atoms with Crippen molar-refractivity contribution in [2.45, 2.75) is 27.6 Å². The van der Waals surface area contributed by atoms with Gasteiger partial charge in [0.05, 0.1) is 12.3 Å². The van der Waals surface area contributed by atoms with Gasteiger partial charge in [0.1, 0.15) is 6.10 Å². The number of aliphatic hydroxyl groups is 5. The zero-order chi connectivity index (χ0) is 17.0. The number of benzene rings is 1. The van der Waals surface area contributed by atoms with E-state index in [4.69, 9.17) is 16.3 Å². The topological polar surface area (TPSA) is 126 Å². The van der Waals surface area contributed by atoms with Gasteiger partial charge in [-0.3, -0.25) is 0 Å². The fourth-order valence-corrected chi connectivity index (χ4v) is 3.59. The number of nitrogens with one attached hydrogen (secondary N) is 1. The lowest BCUT2D eigenvalue weighted by Gasteiger charge is -2.54. The molecule has 3 rings (SSSR count). The van der Waals surface area contributed by atoms with Crippen LogP contribution in [0.4, 0.5) is 0 Å². The third-order valence-corrected chi connectivity index (χ3v) is 5.98. The molecule has 0 saturated carbocycles. The van der Waals surface area contributed by atoms with Crippen LogP contribution in [0, 0.1) is 0 Å². The molecule has 2 aromatic rings. The van der Waals surface area contributed by atoms with E-state index in [-0.39, 0.29) is 5.69 Å². The number of aliphatic hydroxyl groups excluding tert-OH is 3. The van der Waals surface area contributed by atoms with E-state index in [9.17, 15) is 25.5 Å². The molecule has 5 atom stereocenters. The monoisotopic (exact) mass is 407 g/mol. The van der Waals surface area contributed by atoms with Crippen molar-refractivity contribution in [1.82, 2.24) is 4.98 Å². The Labute approximate surface area is 144 Å². The van der Waals surface area contributed by atoms with Crippen LogP contribution in [0.5, 0.6) is 0 Å². The van der Waals surface area contributed by atoms with Crippen LogP contribution in [0.1, 0.15) is 5.69 Å². The largest absolute Gasteiger partial charge is 0.392 e. The van der Waals surface area contributed by atoms with Crippen LogP contribution in [0.15, 0.2) is 30.3 Å². The van der Waals surface area contributed by atoms with Crippen molar-refractivity contribution in [1.29, 1.82) is 0 Å². The summed E-state index contributed by atoms with van der Waals surface area (Å²) in [6.45, 7) is -0.876. The molecular weight excluding hydrogens is 394 g/mol. The Morgan fingerprint density at radius 3 is 2.52 bits per heavy atom. The van der Waals surface area contributed by atoms with Crippen molar-refractivity contribution in [3.63, 3.8) is 0 Å². The van der Waals surface area contributed by atoms with Crippen LogP contribution in [-0.2, 0) is 10.3 Å². The van der Waals surface area contributed by atoms with Crippen LogP contribution in [0.25, 0.3) is 10.9 Å². The molecule has 1 aromatic carbocycles. The zero-order valence-electron chi connectivity index (χ0n) is 11.6. The summed E-state index contributed by atoms with van der Waals surface area (Å²) in [4.78, 5) is 2.85. The molecule has 1 aliphatic heterocycles. The molecule has 0 aliphatic carbocycles. The second-order valence-electron chi connectivity index (χ2n) is 5.50. The first-order valence-corrected chi connectivity index (χ1v) is 7.90. The summed E-state index contributed by atoms with van der Waals surface area (Å²) in [6, 6.07) is 8.49. The van der Waals surface area contributed by atoms with Gasteiger partial charge in [0.25, 0.3) is 0 Å². The van der Waals surface area contributed by atoms with E-state index in [1.165, 1.54) is 6.07 Å². The molecule has 2 heterocycles. The number of alkyl halides is 2. The Balaban J connectivity index is 2.22. The first kappa shape index (κ1) is 17.1. The quantitative estimate of drug-likeness (QED) is 0.391. The molecule has 0 amide bonds. The standard InChI is InChI=1S/C14H15BrClNO6/c15-12(6-18)14(16,22)13(21,10(19)11(20)23-12)9-5-7-3-1-2-4-8(7)17-9/h1-5,10-11,17-22H,6H2/t10-,11-,12+,13+,14+/m0/s1. The lowest BCUT2D eigenvalue weighted by molar-refractivity contribution is -0.349. The van der Waals surface area contributed by atoms with E-state index < -0.39 is 34.2 Å². The number of halogens is 2. The number of ether oxygens (including phenoxy) is 1. The summed E-state index contributed by atoms with van der Waals surface area (Å²) in [6.07, 6.45) is -3.88. The molecule has 1 aliphatic rings. The number of hydrogen-bond acceptors (Lipinski definition) is 6. The fourth-order valence-electron chi connectivity index (χ4n) is 2.78. The number of hydrogen-bond donors (Lipinski definition) is 6. The third kappa shape index (κ3) is 2.18. The lowest BCUT2D eigenvalue weighted by Crippen LogP contribution is -2.74. The number of para-hydroxylation sites is 1. The Morgan fingerprint density at radius 2 is 1.91 bits per heavy atom. The van der Waals surface area contributed by atoms with Crippen molar-refractivity contribution in [3.8, 4) is 0 Å². The first-order valence-electron chi connectivity index (χ1n) is 6.73. The van der Waals surface area contributed by atoms with E-state index in [2.05, 4.69) is 20.9 Å². The SMILES string of the molecule is OC[C@@]1(Br)O[C@H](O)[C@H](O)[C@](O)(c2cc3ccccc3[nH]2)[C@@]1(O)Cl. The van der Waals surface area contributed by atoms with Crippen LogP contribution in [0.3, 0.4) is 0 Å². The van der Waals surface area contributed by atoms with E-state index in [0.717, 1.165) is 0 Å². The van der Waals surface area contributed by atoms with Gasteiger partial charge in [-0.1, -0.05) is 29.8 Å². The number of aromatic nitrogens is 1. The van der Waals surface area contributed by atoms with Gasteiger partial charge in [-0.25, -0.2) is 0 Å². The highest BCUT2D eigenvalue weighted by molar-refractivity contribution is 9.10. The number of rotatable bonds is 2. The second kappa shape index (κ2) is 5.40. The number of aromatic amines is 1. The summed E-state index contributed by atoms with van der Waals surface area (Å²) in [7, 11) is 0. The van der Waals surface area contributed by atoms with Crippen LogP contribution < -0.4 is 0 Å². The minimum atomic E-state index is -2.70. The van der Waals surface area contributed by atoms with Crippen molar-refractivity contribution < 1.29 is 30.3 Å². The number of fused-ring (bicyclic) bond motifs is 1. The number of H-pyrrole nitrogens is 1. The average molecular weight is 409 g/mol. The highest BCUT2D eigenvalue weighted by Gasteiger charge is 2.71. The van der Waals surface area contributed by atoms with Crippen molar-refractivity contribution in [3.05, 3.63) is 36.0 Å². The second-order valence-corrected chi connectivity index (χ2v) is 7.33. The minimum Gasteiger partial charge on any atom is -0.392 e. The molecule has 0 radical (unpaired) electrons. The maximum Gasteiger partial charge on any atom is 0.217 e. The Bertz CT molecular complexity index is 706. The van der Waals surface area contributed by atoms with Crippen molar-refractivity contribution in [2.24, 2.45) is 0 Å². The Kier molecular flexibility index (Phi) is 4.02. The van der Waals surface area contributed by atoms with Crippen LogP contribution in [-0.4, -0.2) is 59.1 Å². The summed E-state index contributed by atoms with van der Waals surface area (Å²) in [5.74, 6) is 0. The fraction of sp³-hybridized carbons (Fsp3) is 0.429. The molecule has 1 saturated heterocycles. The Hall–Kier alpha value is -0.710. The van der Waals surface area contributed by atoms with Crippen molar-refractivity contribution >= 4 is 38.4 Å². The summed E-state index contributed by atoms with van der Waals surface area (Å²) in [5.41, 5.74) is -1.97. The molecular formula is C14H15BrClNO6. The molecule has 9 heteroatoms. The smallest absolute Gasteiger partial charge is 0.217 e. The summed E-state index contributed by atoms with van der Waals surface area (Å²) < 4.78 is 2.85. The molecule has 0 unspecified atom stereocenters. The van der Waals surface area contributed by atoms with Gasteiger partial charge in [0, 0.05) is 5.52 Å². The maximum absolute atomic E-state index is 11.0. The summed E-state index contributed by atoms with van der Waals surface area (Å²) >= 11 is 8.99. The van der Waals surface area contributed by atoms with Gasteiger partial charge in [0.15, 0.2) is 16.4 Å². The lowest BCUT2D eigenvalue weighted by atomic mass is 9.80. The molecule has 0 bridgehead atoms. The molecule has 7 nitrogen and oxygen atoms in total. The highest BCUT2D eigenvalue weighted by atomic mass is 79.9. The highest BCUT2D eigenvalue weighted by Crippen LogP contribution is 2.54. The molecule has 6 N–H and O–H groups in total. The normalized spacial score (nSPS) is 41.3. The summed E-state index contributed by atoms with van der Waals surface area (Å²) in [5, 5.41) is 49.3. The molecule has 1 fully saturated rings. The third-order valence-electron chi connectivity index (χ3n) is 4.15. The Morgan fingerprint density at radius 1 is 1.26 bits per heavy atom. The van der Waals surface area contributed by atoms with Gasteiger partial charge in [-0.05, 0) is 33.4 Å². The van der Waals surface area contributed by atoms with Gasteiger partial charge < -0.3 is 35.3 Å². The zero-order valence-corrected chi connectivity index (χ0v) is 14.0. The van der Waals surface area contributed by atoms with E-state index in [0.29, 0.717) is 10.9 Å². The van der Waals surface area contributed by atoms with Crippen LogP contribution in [0.2, 0.25) is 0 Å². The maximum atomic E-state index is 11.0. The first-order chi connectivity index (χ1) is 10.7.